The summed E-state index contributed by atoms with van der Waals surface area (Å²) >= 11 is 0. The molecule has 0 aromatic carbocycles. The number of amides is 1. The van der Waals surface area contributed by atoms with E-state index in [1.165, 1.54) is 0 Å². The van der Waals surface area contributed by atoms with Crippen LogP contribution >= 0.6 is 0 Å². The lowest BCUT2D eigenvalue weighted by atomic mass is 9.94. The second-order valence-electron chi connectivity index (χ2n) is 4.82. The standard InChI is InChI=1S/C13H26N2O2/c1-4-8-17-10-13(16)15-7-6-12(14-5-2)11(3)9-15/h11-12,14H,4-10H2,1-3H3. The lowest BCUT2D eigenvalue weighted by molar-refractivity contribution is -0.138. The molecule has 1 rings (SSSR count). The van der Waals surface area contributed by atoms with Crippen LogP contribution in [-0.2, 0) is 9.53 Å². The number of carbonyl (C=O) groups is 1. The third-order valence-corrected chi connectivity index (χ3v) is 3.30. The smallest absolute Gasteiger partial charge is 0.248 e. The fourth-order valence-electron chi connectivity index (χ4n) is 2.33. The van der Waals surface area contributed by atoms with Crippen LogP contribution in [-0.4, -0.2) is 49.7 Å². The molecule has 0 spiro atoms. The van der Waals surface area contributed by atoms with Crippen molar-refractivity contribution in [1.29, 1.82) is 0 Å². The Kier molecular flexibility index (Phi) is 6.52. The van der Waals surface area contributed by atoms with Gasteiger partial charge in [0.2, 0.25) is 5.91 Å². The van der Waals surface area contributed by atoms with Crippen molar-refractivity contribution in [1.82, 2.24) is 10.2 Å². The van der Waals surface area contributed by atoms with Crippen LogP contribution in [0.15, 0.2) is 0 Å². The Morgan fingerprint density at radius 2 is 2.24 bits per heavy atom. The number of hydrogen-bond acceptors (Lipinski definition) is 3. The number of ether oxygens (including phenoxy) is 1. The summed E-state index contributed by atoms with van der Waals surface area (Å²) < 4.78 is 5.30. The van der Waals surface area contributed by atoms with E-state index in [4.69, 9.17) is 4.74 Å². The van der Waals surface area contributed by atoms with Gasteiger partial charge in [0, 0.05) is 25.7 Å². The summed E-state index contributed by atoms with van der Waals surface area (Å²) in [5.41, 5.74) is 0. The molecule has 1 aliphatic rings. The van der Waals surface area contributed by atoms with E-state index in [1.807, 2.05) is 4.90 Å². The second kappa shape index (κ2) is 7.67. The molecule has 0 aromatic rings. The fourth-order valence-corrected chi connectivity index (χ4v) is 2.33. The highest BCUT2D eigenvalue weighted by atomic mass is 16.5. The van der Waals surface area contributed by atoms with Crippen LogP contribution in [0.1, 0.15) is 33.6 Å². The van der Waals surface area contributed by atoms with Crippen LogP contribution in [0.5, 0.6) is 0 Å². The Hall–Kier alpha value is -0.610. The van der Waals surface area contributed by atoms with Gasteiger partial charge in [-0.1, -0.05) is 20.8 Å². The Labute approximate surface area is 105 Å². The zero-order valence-electron chi connectivity index (χ0n) is 11.4. The van der Waals surface area contributed by atoms with E-state index in [0.29, 0.717) is 18.6 Å². The van der Waals surface area contributed by atoms with Gasteiger partial charge in [-0.2, -0.15) is 0 Å². The lowest BCUT2D eigenvalue weighted by Gasteiger charge is -2.37. The van der Waals surface area contributed by atoms with Gasteiger partial charge in [-0.15, -0.1) is 0 Å². The van der Waals surface area contributed by atoms with Crippen molar-refractivity contribution in [2.45, 2.75) is 39.7 Å². The molecule has 4 heteroatoms. The Balaban J connectivity index is 2.30. The molecular formula is C13H26N2O2. The molecule has 17 heavy (non-hydrogen) atoms. The van der Waals surface area contributed by atoms with Gasteiger partial charge in [0.1, 0.15) is 6.61 Å². The molecule has 1 fully saturated rings. The predicted molar refractivity (Wildman–Crippen MR) is 68.9 cm³/mol. The van der Waals surface area contributed by atoms with Gasteiger partial charge in [0.15, 0.2) is 0 Å². The summed E-state index contributed by atoms with van der Waals surface area (Å²) in [6, 6.07) is 0.556. The second-order valence-corrected chi connectivity index (χ2v) is 4.82. The average Bonchev–Trinajstić information content (AvgIpc) is 2.32. The van der Waals surface area contributed by atoms with E-state index < -0.39 is 0 Å². The largest absolute Gasteiger partial charge is 0.372 e. The molecule has 0 aliphatic carbocycles. The molecule has 1 N–H and O–H groups in total. The highest BCUT2D eigenvalue weighted by molar-refractivity contribution is 5.77. The van der Waals surface area contributed by atoms with E-state index in [2.05, 4.69) is 26.1 Å². The number of nitrogens with one attached hydrogen (secondary N) is 1. The first-order valence-electron chi connectivity index (χ1n) is 6.77. The molecule has 1 saturated heterocycles. The van der Waals surface area contributed by atoms with Crippen LogP contribution < -0.4 is 5.32 Å². The zero-order chi connectivity index (χ0) is 12.7. The number of piperidine rings is 1. The van der Waals surface area contributed by atoms with Crippen molar-refractivity contribution in [2.24, 2.45) is 5.92 Å². The van der Waals surface area contributed by atoms with Crippen LogP contribution in [0.25, 0.3) is 0 Å². The van der Waals surface area contributed by atoms with Gasteiger partial charge in [0.25, 0.3) is 0 Å². The molecule has 1 aliphatic heterocycles. The normalized spacial score (nSPS) is 25.0. The molecule has 100 valence electrons. The summed E-state index contributed by atoms with van der Waals surface area (Å²) in [6.45, 7) is 10.0. The first kappa shape index (κ1) is 14.5. The first-order valence-corrected chi connectivity index (χ1v) is 6.77. The number of rotatable bonds is 6. The Bertz CT molecular complexity index is 233. The summed E-state index contributed by atoms with van der Waals surface area (Å²) in [6.07, 6.45) is 2.01. The highest BCUT2D eigenvalue weighted by Crippen LogP contribution is 2.16. The Morgan fingerprint density at radius 3 is 2.82 bits per heavy atom. The molecule has 0 radical (unpaired) electrons. The van der Waals surface area contributed by atoms with Crippen molar-refractivity contribution >= 4 is 5.91 Å². The molecule has 0 bridgehead atoms. The van der Waals surface area contributed by atoms with E-state index in [0.717, 1.165) is 32.5 Å². The van der Waals surface area contributed by atoms with Gasteiger partial charge in [-0.3, -0.25) is 4.79 Å². The maximum absolute atomic E-state index is 11.9. The number of likely N-dealkylation sites (tertiary alicyclic amines) is 1. The zero-order valence-corrected chi connectivity index (χ0v) is 11.4. The maximum atomic E-state index is 11.9. The quantitative estimate of drug-likeness (QED) is 0.713. The molecule has 0 saturated carbocycles. The van der Waals surface area contributed by atoms with Crippen molar-refractivity contribution in [3.05, 3.63) is 0 Å². The van der Waals surface area contributed by atoms with Crippen LogP contribution in [0.2, 0.25) is 0 Å². The van der Waals surface area contributed by atoms with Crippen molar-refractivity contribution in [3.8, 4) is 0 Å². The monoisotopic (exact) mass is 242 g/mol. The molecular weight excluding hydrogens is 216 g/mol. The molecule has 2 atom stereocenters. The summed E-state index contributed by atoms with van der Waals surface area (Å²) in [5, 5.41) is 3.48. The highest BCUT2D eigenvalue weighted by Gasteiger charge is 2.27. The maximum Gasteiger partial charge on any atom is 0.248 e. The Morgan fingerprint density at radius 1 is 1.47 bits per heavy atom. The predicted octanol–water partition coefficient (Wildman–Crippen LogP) is 1.26. The molecule has 1 amide bonds. The van der Waals surface area contributed by atoms with Gasteiger partial charge in [-0.05, 0) is 25.3 Å². The van der Waals surface area contributed by atoms with E-state index >= 15 is 0 Å². The SMILES string of the molecule is CCCOCC(=O)N1CCC(NCC)C(C)C1. The minimum Gasteiger partial charge on any atom is -0.372 e. The van der Waals surface area contributed by atoms with Crippen LogP contribution in [0.4, 0.5) is 0 Å². The molecule has 0 aromatic heterocycles. The van der Waals surface area contributed by atoms with Crippen molar-refractivity contribution < 1.29 is 9.53 Å². The van der Waals surface area contributed by atoms with E-state index in [1.54, 1.807) is 0 Å². The summed E-state index contributed by atoms with van der Waals surface area (Å²) in [4.78, 5) is 13.8. The first-order chi connectivity index (χ1) is 8.19. The number of carbonyl (C=O) groups excluding carboxylic acids is 1. The summed E-state index contributed by atoms with van der Waals surface area (Å²) in [5.74, 6) is 0.666. The molecule has 1 heterocycles. The van der Waals surface area contributed by atoms with Gasteiger partial charge >= 0.3 is 0 Å². The minimum atomic E-state index is 0.139. The van der Waals surface area contributed by atoms with Gasteiger partial charge < -0.3 is 15.0 Å². The van der Waals surface area contributed by atoms with Gasteiger partial charge in [-0.25, -0.2) is 0 Å². The van der Waals surface area contributed by atoms with Crippen molar-refractivity contribution in [3.63, 3.8) is 0 Å². The third kappa shape index (κ3) is 4.64. The minimum absolute atomic E-state index is 0.139. The van der Waals surface area contributed by atoms with Crippen molar-refractivity contribution in [2.75, 3.05) is 32.8 Å². The topological polar surface area (TPSA) is 41.6 Å². The van der Waals surface area contributed by atoms with Crippen LogP contribution in [0.3, 0.4) is 0 Å². The van der Waals surface area contributed by atoms with E-state index in [-0.39, 0.29) is 12.5 Å². The van der Waals surface area contributed by atoms with Crippen LogP contribution in [0, 0.1) is 5.92 Å². The molecule has 2 unspecified atom stereocenters. The number of nitrogens with zero attached hydrogens (tertiary/aromatic N) is 1. The fraction of sp³-hybridized carbons (Fsp3) is 0.923. The average molecular weight is 242 g/mol. The summed E-state index contributed by atoms with van der Waals surface area (Å²) in [7, 11) is 0. The lowest BCUT2D eigenvalue weighted by Crippen LogP contribution is -2.50. The number of hydrogen-bond donors (Lipinski definition) is 1. The third-order valence-electron chi connectivity index (χ3n) is 3.30. The van der Waals surface area contributed by atoms with E-state index in [9.17, 15) is 4.79 Å². The van der Waals surface area contributed by atoms with Gasteiger partial charge in [0.05, 0.1) is 0 Å². The molecule has 4 nitrogen and oxygen atoms in total.